The van der Waals surface area contributed by atoms with E-state index in [4.69, 9.17) is 0 Å². The number of alkyl halides is 3. The van der Waals surface area contributed by atoms with Crippen LogP contribution in [0, 0.1) is 0 Å². The van der Waals surface area contributed by atoms with Gasteiger partial charge in [-0.3, -0.25) is 0 Å². The number of halogens is 3. The minimum absolute atomic E-state index is 0.152. The van der Waals surface area contributed by atoms with Gasteiger partial charge in [-0.2, -0.15) is 21.6 Å². The fraction of sp³-hybridized carbons (Fsp3) is 0.750. The van der Waals surface area contributed by atoms with Gasteiger partial charge in [-0.15, -0.1) is 0 Å². The fourth-order valence-electron chi connectivity index (χ4n) is 0.487. The number of rotatable bonds is 2. The van der Waals surface area contributed by atoms with Gasteiger partial charge in [0.1, 0.15) is 0 Å². The van der Waals surface area contributed by atoms with Gasteiger partial charge < -0.3 is 10.1 Å². The topological polar surface area (TPSA) is 87.8 Å². The Morgan fingerprint density at radius 1 is 1.43 bits per heavy atom. The molecule has 0 saturated carbocycles. The van der Waals surface area contributed by atoms with Crippen molar-refractivity contribution in [2.45, 2.75) is 11.7 Å². The van der Waals surface area contributed by atoms with Crippen LogP contribution in [0.4, 0.5) is 18.0 Å². The van der Waals surface area contributed by atoms with Crippen molar-refractivity contribution in [2.75, 3.05) is 6.61 Å². The van der Waals surface area contributed by atoms with Crippen LogP contribution in [0.3, 0.4) is 0 Å². The first-order valence-electron chi connectivity index (χ1n) is 3.23. The number of sulfonamides is 1. The van der Waals surface area contributed by atoms with E-state index in [-0.39, 0.29) is 6.61 Å². The smallest absolute Gasteiger partial charge is 0.351 e. The third-order valence-corrected chi connectivity index (χ3v) is 2.22. The highest BCUT2D eigenvalue weighted by Gasteiger charge is 2.47. The van der Waals surface area contributed by atoms with Crippen LogP contribution < -0.4 is 10.0 Å². The van der Waals surface area contributed by atoms with Gasteiger partial charge in [0.2, 0.25) is 0 Å². The molecule has 6 nitrogen and oxygen atoms in total. The van der Waals surface area contributed by atoms with Crippen LogP contribution in [0.15, 0.2) is 0 Å². The lowest BCUT2D eigenvalue weighted by Crippen LogP contribution is -2.46. The number of ether oxygens (including phenoxy) is 1. The molecule has 0 spiro atoms. The Bertz CT molecular complexity index is 333. The zero-order valence-electron chi connectivity index (χ0n) is 6.46. The third kappa shape index (κ3) is 2.73. The monoisotopic (exact) mass is 234 g/mol. The molecule has 14 heavy (non-hydrogen) atoms. The van der Waals surface area contributed by atoms with Gasteiger partial charge in [0.15, 0.2) is 6.23 Å². The average molecular weight is 234 g/mol. The normalized spacial score (nSPS) is 21.5. The second kappa shape index (κ2) is 3.28. The molecule has 0 aliphatic carbocycles. The molecule has 2 amide bonds. The minimum Gasteiger partial charge on any atom is -0.351 e. The number of carbonyl (C=O) groups is 1. The van der Waals surface area contributed by atoms with Crippen molar-refractivity contribution in [1.29, 1.82) is 0 Å². The first-order chi connectivity index (χ1) is 6.22. The highest BCUT2D eigenvalue weighted by atomic mass is 32.2. The first-order valence-corrected chi connectivity index (χ1v) is 4.72. The quantitative estimate of drug-likeness (QED) is 0.630. The maximum absolute atomic E-state index is 11.7. The Morgan fingerprint density at radius 2 is 1.93 bits per heavy atom. The zero-order valence-corrected chi connectivity index (χ0v) is 7.28. The summed E-state index contributed by atoms with van der Waals surface area (Å²) in [4.78, 5) is 10.6. The zero-order chi connectivity index (χ0) is 11.0. The SMILES string of the molecule is O=C(NC1CO1)NS(=O)(=O)C(F)(F)F. The molecule has 2 N–H and O–H groups in total. The van der Waals surface area contributed by atoms with Crippen LogP contribution in [0.25, 0.3) is 0 Å². The molecule has 0 aromatic rings. The second-order valence-corrected chi connectivity index (χ2v) is 4.02. The summed E-state index contributed by atoms with van der Waals surface area (Å²) in [6.45, 7) is 0.152. The lowest BCUT2D eigenvalue weighted by Gasteiger charge is -2.08. The lowest BCUT2D eigenvalue weighted by atomic mass is 10.7. The van der Waals surface area contributed by atoms with Crippen molar-refractivity contribution in [2.24, 2.45) is 0 Å². The molecule has 82 valence electrons. The highest BCUT2D eigenvalue weighted by Crippen LogP contribution is 2.21. The summed E-state index contributed by atoms with van der Waals surface area (Å²) in [5.74, 6) is 0. The van der Waals surface area contributed by atoms with Gasteiger partial charge in [0, 0.05) is 0 Å². The molecule has 1 heterocycles. The summed E-state index contributed by atoms with van der Waals surface area (Å²) < 4.78 is 60.9. The maximum Gasteiger partial charge on any atom is 0.516 e. The molecule has 1 saturated heterocycles. The van der Waals surface area contributed by atoms with Crippen molar-refractivity contribution < 1.29 is 31.1 Å². The van der Waals surface area contributed by atoms with E-state index in [1.807, 2.05) is 5.32 Å². The number of nitrogens with one attached hydrogen (secondary N) is 2. The molecule has 0 aromatic carbocycles. The molecule has 1 fully saturated rings. The van der Waals surface area contributed by atoms with Gasteiger partial charge in [0.25, 0.3) is 0 Å². The molecular formula is C4H5F3N2O4S. The standard InChI is InChI=1S/C4H5F3N2O4S/c5-4(6,7)14(11,12)9-3(10)8-2-1-13-2/h2H,1H2,(H2,8,9,10). The minimum atomic E-state index is -5.63. The predicted molar refractivity (Wildman–Crippen MR) is 36.4 cm³/mol. The van der Waals surface area contributed by atoms with E-state index in [0.717, 1.165) is 4.72 Å². The van der Waals surface area contributed by atoms with Crippen LogP contribution >= 0.6 is 0 Å². The Morgan fingerprint density at radius 3 is 2.29 bits per heavy atom. The van der Waals surface area contributed by atoms with Crippen molar-refractivity contribution in [3.05, 3.63) is 0 Å². The summed E-state index contributed by atoms with van der Waals surface area (Å²) in [6, 6.07) is -1.47. The van der Waals surface area contributed by atoms with Crippen LogP contribution in [0.2, 0.25) is 0 Å². The van der Waals surface area contributed by atoms with Crippen molar-refractivity contribution >= 4 is 16.1 Å². The Labute approximate surface area is 76.5 Å². The Balaban J connectivity index is 2.53. The molecule has 0 bridgehead atoms. The van der Waals surface area contributed by atoms with E-state index in [0.29, 0.717) is 0 Å². The maximum atomic E-state index is 11.7. The molecule has 1 atom stereocenters. The third-order valence-electron chi connectivity index (χ3n) is 1.16. The molecule has 1 aliphatic rings. The van der Waals surface area contributed by atoms with Gasteiger partial charge in [-0.1, -0.05) is 0 Å². The van der Waals surface area contributed by atoms with Gasteiger partial charge in [-0.05, 0) is 0 Å². The van der Waals surface area contributed by atoms with Gasteiger partial charge in [-0.25, -0.2) is 9.52 Å². The number of amides is 2. The average Bonchev–Trinajstić information content (AvgIpc) is 2.66. The highest BCUT2D eigenvalue weighted by molar-refractivity contribution is 7.90. The Kier molecular flexibility index (Phi) is 2.58. The van der Waals surface area contributed by atoms with Crippen LogP contribution in [0.1, 0.15) is 0 Å². The summed E-state index contributed by atoms with van der Waals surface area (Å²) in [5.41, 5.74) is -5.51. The summed E-state index contributed by atoms with van der Waals surface area (Å²) in [7, 11) is -5.63. The number of hydrogen-bond acceptors (Lipinski definition) is 4. The van der Waals surface area contributed by atoms with Crippen molar-refractivity contribution in [3.63, 3.8) is 0 Å². The van der Waals surface area contributed by atoms with Crippen molar-refractivity contribution in [1.82, 2.24) is 10.0 Å². The summed E-state index contributed by atoms with van der Waals surface area (Å²) in [6.07, 6.45) is -0.710. The number of urea groups is 1. The summed E-state index contributed by atoms with van der Waals surface area (Å²) >= 11 is 0. The second-order valence-electron chi connectivity index (χ2n) is 2.35. The molecule has 0 aromatic heterocycles. The van der Waals surface area contributed by atoms with Crippen LogP contribution in [-0.4, -0.2) is 32.8 Å². The van der Waals surface area contributed by atoms with Gasteiger partial charge in [0.05, 0.1) is 6.61 Å². The number of hydrogen-bond donors (Lipinski definition) is 2. The fourth-order valence-corrected chi connectivity index (χ4v) is 0.906. The molecule has 1 rings (SSSR count). The lowest BCUT2D eigenvalue weighted by molar-refractivity contribution is -0.0444. The van der Waals surface area contributed by atoms with E-state index in [1.165, 1.54) is 0 Å². The molecule has 0 radical (unpaired) electrons. The van der Waals surface area contributed by atoms with Crippen LogP contribution in [-0.2, 0) is 14.8 Å². The van der Waals surface area contributed by atoms with E-state index in [1.54, 1.807) is 0 Å². The number of carbonyl (C=O) groups excluding carboxylic acids is 1. The largest absolute Gasteiger partial charge is 0.516 e. The summed E-state index contributed by atoms with van der Waals surface area (Å²) in [5, 5.41) is 1.83. The molecule has 1 aliphatic heterocycles. The number of epoxide rings is 1. The van der Waals surface area contributed by atoms with E-state index >= 15 is 0 Å². The van der Waals surface area contributed by atoms with Crippen LogP contribution in [0.5, 0.6) is 0 Å². The predicted octanol–water partition coefficient (Wildman–Crippen LogP) is -0.508. The first kappa shape index (κ1) is 11.0. The van der Waals surface area contributed by atoms with E-state index in [2.05, 4.69) is 4.74 Å². The van der Waals surface area contributed by atoms with E-state index < -0.39 is 27.8 Å². The Hall–Kier alpha value is -1.03. The van der Waals surface area contributed by atoms with E-state index in [9.17, 15) is 26.4 Å². The van der Waals surface area contributed by atoms with Gasteiger partial charge >= 0.3 is 21.6 Å². The molecule has 10 heteroatoms. The molecular weight excluding hydrogens is 229 g/mol. The molecule has 1 unspecified atom stereocenters. The van der Waals surface area contributed by atoms with Crippen molar-refractivity contribution in [3.8, 4) is 0 Å².